The third-order valence-electron chi connectivity index (χ3n) is 5.69. The number of carbonyl (C=O) groups excluding carboxylic acids is 1. The lowest BCUT2D eigenvalue weighted by molar-refractivity contribution is -0.141. The molecule has 0 aliphatic heterocycles. The van der Waals surface area contributed by atoms with Crippen molar-refractivity contribution in [2.75, 3.05) is 5.32 Å². The molecule has 0 atom stereocenters. The highest BCUT2D eigenvalue weighted by atomic mass is 35.5. The Morgan fingerprint density at radius 3 is 2.58 bits per heavy atom. The molecule has 5 aromatic rings. The molecule has 194 valence electrons. The number of ether oxygens (including phenoxy) is 1. The number of anilines is 1. The number of rotatable bonds is 6. The monoisotopic (exact) mass is 540 g/mol. The third kappa shape index (κ3) is 5.21. The zero-order valence-corrected chi connectivity index (χ0v) is 20.9. The molecule has 1 N–H and O–H groups in total. The summed E-state index contributed by atoms with van der Waals surface area (Å²) < 4.78 is 53.2. The van der Waals surface area contributed by atoms with Crippen molar-refractivity contribution in [1.29, 1.82) is 0 Å². The second-order valence-electron chi connectivity index (χ2n) is 8.54. The van der Waals surface area contributed by atoms with Crippen LogP contribution in [0.1, 0.15) is 33.2 Å². The second-order valence-corrected chi connectivity index (χ2v) is 8.92. The molecule has 0 aliphatic carbocycles. The SMILES string of the molecule is Cc1ccc(OCc2c(Cl)c(C(F)(F)F)nn2-c2cccc(C(=O)Nc3ccc4nc(C)oc4c3)c2)cc1. The van der Waals surface area contributed by atoms with Gasteiger partial charge in [-0.05, 0) is 49.4 Å². The van der Waals surface area contributed by atoms with Crippen molar-refractivity contribution < 1.29 is 27.1 Å². The zero-order valence-electron chi connectivity index (χ0n) is 20.1. The van der Waals surface area contributed by atoms with E-state index >= 15 is 0 Å². The molecule has 0 saturated carbocycles. The first-order valence-electron chi connectivity index (χ1n) is 11.4. The molecule has 0 bridgehead atoms. The Labute approximate surface area is 219 Å². The van der Waals surface area contributed by atoms with Crippen LogP contribution in [0.3, 0.4) is 0 Å². The summed E-state index contributed by atoms with van der Waals surface area (Å²) in [7, 11) is 0. The highest BCUT2D eigenvalue weighted by molar-refractivity contribution is 6.32. The summed E-state index contributed by atoms with van der Waals surface area (Å²) in [5.74, 6) is 0.476. The Morgan fingerprint density at radius 1 is 1.08 bits per heavy atom. The molecule has 5 rings (SSSR count). The van der Waals surface area contributed by atoms with Crippen molar-refractivity contribution in [1.82, 2.24) is 14.8 Å². The number of oxazole rings is 1. The van der Waals surface area contributed by atoms with Gasteiger partial charge < -0.3 is 14.5 Å². The van der Waals surface area contributed by atoms with Gasteiger partial charge in [-0.2, -0.15) is 18.3 Å². The Morgan fingerprint density at radius 2 is 1.84 bits per heavy atom. The average Bonchev–Trinajstić information content (AvgIpc) is 3.42. The van der Waals surface area contributed by atoms with Gasteiger partial charge in [-0.1, -0.05) is 35.4 Å². The first-order valence-corrected chi connectivity index (χ1v) is 11.8. The van der Waals surface area contributed by atoms with Crippen LogP contribution in [0.2, 0.25) is 5.02 Å². The van der Waals surface area contributed by atoms with E-state index in [1.807, 2.05) is 19.1 Å². The molecule has 0 aliphatic rings. The highest BCUT2D eigenvalue weighted by Crippen LogP contribution is 2.37. The van der Waals surface area contributed by atoms with E-state index in [0.717, 1.165) is 10.2 Å². The maximum atomic E-state index is 13.7. The molecule has 7 nitrogen and oxygen atoms in total. The summed E-state index contributed by atoms with van der Waals surface area (Å²) in [6.45, 7) is 3.34. The Hall–Kier alpha value is -4.31. The number of aromatic nitrogens is 3. The largest absolute Gasteiger partial charge is 0.487 e. The molecule has 0 spiro atoms. The van der Waals surface area contributed by atoms with Crippen LogP contribution in [0.25, 0.3) is 16.8 Å². The van der Waals surface area contributed by atoms with Crippen molar-refractivity contribution in [3.05, 3.63) is 100 Å². The van der Waals surface area contributed by atoms with Crippen molar-refractivity contribution in [2.45, 2.75) is 26.6 Å². The topological polar surface area (TPSA) is 82.2 Å². The Kier molecular flexibility index (Phi) is 6.58. The van der Waals surface area contributed by atoms with Gasteiger partial charge >= 0.3 is 6.18 Å². The number of carbonyl (C=O) groups is 1. The van der Waals surface area contributed by atoms with Crippen LogP contribution in [0.4, 0.5) is 18.9 Å². The predicted octanol–water partition coefficient (Wildman–Crippen LogP) is 7.13. The molecular weight excluding hydrogens is 521 g/mol. The number of alkyl halides is 3. The number of amides is 1. The fraction of sp³-hybridized carbons (Fsp3) is 0.148. The number of nitrogens with one attached hydrogen (secondary N) is 1. The van der Waals surface area contributed by atoms with E-state index in [0.29, 0.717) is 28.4 Å². The average molecular weight is 541 g/mol. The van der Waals surface area contributed by atoms with Crippen molar-refractivity contribution in [2.24, 2.45) is 0 Å². The Balaban J connectivity index is 1.45. The van der Waals surface area contributed by atoms with E-state index in [1.165, 1.54) is 18.2 Å². The summed E-state index contributed by atoms with van der Waals surface area (Å²) in [4.78, 5) is 17.2. The predicted molar refractivity (Wildman–Crippen MR) is 136 cm³/mol. The number of halogens is 4. The van der Waals surface area contributed by atoms with Gasteiger partial charge in [0.05, 0.1) is 10.7 Å². The van der Waals surface area contributed by atoms with Gasteiger partial charge in [0.15, 0.2) is 17.2 Å². The number of benzene rings is 3. The van der Waals surface area contributed by atoms with E-state index < -0.39 is 22.8 Å². The van der Waals surface area contributed by atoms with Crippen molar-refractivity contribution >= 4 is 34.3 Å². The lowest BCUT2D eigenvalue weighted by atomic mass is 10.1. The minimum absolute atomic E-state index is 0.0109. The summed E-state index contributed by atoms with van der Waals surface area (Å²) in [6, 6.07) is 18.1. The Bertz CT molecular complexity index is 1640. The highest BCUT2D eigenvalue weighted by Gasteiger charge is 2.39. The normalized spacial score (nSPS) is 11.6. The minimum atomic E-state index is -4.78. The van der Waals surface area contributed by atoms with E-state index in [1.54, 1.807) is 43.3 Å². The molecule has 2 aromatic heterocycles. The van der Waals surface area contributed by atoms with Gasteiger partial charge in [-0.25, -0.2) is 9.67 Å². The number of hydrogen-bond acceptors (Lipinski definition) is 5. The van der Waals surface area contributed by atoms with E-state index in [2.05, 4.69) is 15.4 Å². The van der Waals surface area contributed by atoms with Crippen LogP contribution in [-0.2, 0) is 12.8 Å². The van der Waals surface area contributed by atoms with Crippen molar-refractivity contribution in [3.8, 4) is 11.4 Å². The lowest BCUT2D eigenvalue weighted by Crippen LogP contribution is -2.13. The van der Waals surface area contributed by atoms with Gasteiger partial charge in [-0.3, -0.25) is 4.79 Å². The fourth-order valence-corrected chi connectivity index (χ4v) is 4.12. The zero-order chi connectivity index (χ0) is 27.0. The summed E-state index contributed by atoms with van der Waals surface area (Å²) in [6.07, 6.45) is -4.78. The van der Waals surface area contributed by atoms with Crippen LogP contribution in [0, 0.1) is 13.8 Å². The van der Waals surface area contributed by atoms with Gasteiger partial charge in [-0.15, -0.1) is 0 Å². The molecule has 3 aromatic carbocycles. The number of aryl methyl sites for hydroxylation is 2. The molecule has 0 radical (unpaired) electrons. The summed E-state index contributed by atoms with van der Waals surface area (Å²) in [5.41, 5.74) is 1.79. The van der Waals surface area contributed by atoms with Crippen LogP contribution in [0.15, 0.2) is 71.1 Å². The molecule has 0 saturated heterocycles. The van der Waals surface area contributed by atoms with E-state index in [4.69, 9.17) is 20.8 Å². The smallest absolute Gasteiger partial charge is 0.436 e. The molecule has 1 amide bonds. The molecule has 38 heavy (non-hydrogen) atoms. The second kappa shape index (κ2) is 9.86. The fourth-order valence-electron chi connectivity index (χ4n) is 3.84. The molecule has 0 fully saturated rings. The van der Waals surface area contributed by atoms with Crippen LogP contribution in [-0.4, -0.2) is 20.7 Å². The van der Waals surface area contributed by atoms with Gasteiger partial charge in [0.2, 0.25) is 0 Å². The third-order valence-corrected chi connectivity index (χ3v) is 6.09. The van der Waals surface area contributed by atoms with Gasteiger partial charge in [0, 0.05) is 24.2 Å². The molecule has 2 heterocycles. The van der Waals surface area contributed by atoms with Crippen molar-refractivity contribution in [3.63, 3.8) is 0 Å². The molecule has 11 heteroatoms. The maximum absolute atomic E-state index is 13.7. The number of nitrogens with zero attached hydrogens (tertiary/aromatic N) is 3. The van der Waals surface area contributed by atoms with Gasteiger partial charge in [0.25, 0.3) is 5.91 Å². The molecule has 0 unspecified atom stereocenters. The number of hydrogen-bond donors (Lipinski definition) is 1. The first-order chi connectivity index (χ1) is 18.1. The maximum Gasteiger partial charge on any atom is 0.436 e. The van der Waals surface area contributed by atoms with Crippen LogP contribution in [0.5, 0.6) is 5.75 Å². The quantitative estimate of drug-likeness (QED) is 0.248. The van der Waals surface area contributed by atoms with E-state index in [-0.39, 0.29) is 23.6 Å². The van der Waals surface area contributed by atoms with Crippen LogP contribution >= 0.6 is 11.6 Å². The number of fused-ring (bicyclic) bond motifs is 1. The van der Waals surface area contributed by atoms with Crippen LogP contribution < -0.4 is 10.1 Å². The first kappa shape index (κ1) is 25.3. The minimum Gasteiger partial charge on any atom is -0.487 e. The van der Waals surface area contributed by atoms with Gasteiger partial charge in [0.1, 0.15) is 23.6 Å². The lowest BCUT2D eigenvalue weighted by Gasteiger charge is -2.11. The summed E-state index contributed by atoms with van der Waals surface area (Å²) in [5, 5.41) is 5.91. The summed E-state index contributed by atoms with van der Waals surface area (Å²) >= 11 is 6.14. The van der Waals surface area contributed by atoms with E-state index in [9.17, 15) is 18.0 Å². The standard InChI is InChI=1S/C27H20ClF3N4O3/c1-15-6-9-20(10-7-15)37-14-22-24(28)25(27(29,30)31)34-35(22)19-5-3-4-17(12-19)26(36)33-18-8-11-21-23(13-18)38-16(2)32-21/h3-13H,14H2,1-2H3,(H,33,36). The molecular formula is C27H20ClF3N4O3.